The molecule has 3 rings (SSSR count). The number of anilines is 1. The molecule has 0 radical (unpaired) electrons. The van der Waals surface area contributed by atoms with Crippen molar-refractivity contribution in [3.05, 3.63) is 54.6 Å². The summed E-state index contributed by atoms with van der Waals surface area (Å²) in [6.07, 6.45) is 5.13. The maximum Gasteiger partial charge on any atom is 0.224 e. The lowest BCUT2D eigenvalue weighted by Gasteiger charge is -2.35. The lowest BCUT2D eigenvalue weighted by molar-refractivity contribution is -0.134. The van der Waals surface area contributed by atoms with Crippen molar-refractivity contribution < 1.29 is 9.53 Å². The van der Waals surface area contributed by atoms with Crippen LogP contribution in [0.3, 0.4) is 0 Å². The van der Waals surface area contributed by atoms with Gasteiger partial charge in [-0.25, -0.2) is 0 Å². The zero-order valence-corrected chi connectivity index (χ0v) is 15.5. The summed E-state index contributed by atoms with van der Waals surface area (Å²) in [6, 6.07) is 18.0. The van der Waals surface area contributed by atoms with Gasteiger partial charge in [0.25, 0.3) is 0 Å². The number of nitrogens with one attached hydrogen (secondary N) is 1. The number of likely N-dealkylation sites (tertiary alicyclic amines) is 1. The highest BCUT2D eigenvalue weighted by Crippen LogP contribution is 2.23. The molecule has 1 fully saturated rings. The number of carbonyl (C=O) groups is 1. The summed E-state index contributed by atoms with van der Waals surface area (Å²) in [7, 11) is 0. The molecule has 26 heavy (non-hydrogen) atoms. The topological polar surface area (TPSA) is 41.6 Å². The molecule has 1 aliphatic heterocycles. The van der Waals surface area contributed by atoms with Crippen molar-refractivity contribution in [1.29, 1.82) is 0 Å². The van der Waals surface area contributed by atoms with Crippen molar-refractivity contribution in [3.8, 4) is 11.5 Å². The van der Waals surface area contributed by atoms with Crippen LogP contribution < -0.4 is 10.1 Å². The number of benzene rings is 2. The summed E-state index contributed by atoms with van der Waals surface area (Å²) in [4.78, 5) is 14.6. The molecule has 1 heterocycles. The zero-order chi connectivity index (χ0) is 18.2. The van der Waals surface area contributed by atoms with Gasteiger partial charge in [-0.15, -0.1) is 0 Å². The van der Waals surface area contributed by atoms with Crippen LogP contribution in [0, 0.1) is 0 Å². The molecule has 1 N–H and O–H groups in total. The van der Waals surface area contributed by atoms with E-state index in [4.69, 9.17) is 4.74 Å². The number of para-hydroxylation sites is 1. The highest BCUT2D eigenvalue weighted by atomic mass is 16.5. The van der Waals surface area contributed by atoms with E-state index in [-0.39, 0.29) is 5.91 Å². The Morgan fingerprint density at radius 2 is 1.81 bits per heavy atom. The summed E-state index contributed by atoms with van der Waals surface area (Å²) < 4.78 is 5.79. The van der Waals surface area contributed by atoms with Crippen LogP contribution in [-0.2, 0) is 4.79 Å². The Hall–Kier alpha value is -2.49. The molecule has 0 aliphatic carbocycles. The fourth-order valence-electron chi connectivity index (χ4n) is 3.48. The van der Waals surface area contributed by atoms with Crippen molar-refractivity contribution in [1.82, 2.24) is 4.90 Å². The van der Waals surface area contributed by atoms with Crippen molar-refractivity contribution in [2.45, 2.75) is 45.1 Å². The van der Waals surface area contributed by atoms with E-state index in [1.54, 1.807) is 0 Å². The fourth-order valence-corrected chi connectivity index (χ4v) is 3.48. The van der Waals surface area contributed by atoms with E-state index in [1.807, 2.05) is 54.6 Å². The third-order valence-corrected chi connectivity index (χ3v) is 4.92. The van der Waals surface area contributed by atoms with Crippen molar-refractivity contribution in [2.24, 2.45) is 0 Å². The van der Waals surface area contributed by atoms with E-state index in [1.165, 1.54) is 6.42 Å². The van der Waals surface area contributed by atoms with E-state index >= 15 is 0 Å². The number of amides is 1. The number of piperidine rings is 1. The average molecular weight is 352 g/mol. The summed E-state index contributed by atoms with van der Waals surface area (Å²) >= 11 is 0. The second-order valence-corrected chi connectivity index (χ2v) is 6.76. The number of carbonyl (C=O) groups excluding carboxylic acids is 1. The Balaban J connectivity index is 1.45. The van der Waals surface area contributed by atoms with Gasteiger partial charge in [0.1, 0.15) is 11.5 Å². The first kappa shape index (κ1) is 18.3. The molecule has 0 saturated carbocycles. The minimum absolute atomic E-state index is 0.271. The van der Waals surface area contributed by atoms with E-state index in [9.17, 15) is 4.79 Å². The molecule has 0 bridgehead atoms. The molecule has 1 unspecified atom stereocenters. The van der Waals surface area contributed by atoms with Gasteiger partial charge in [0, 0.05) is 31.2 Å². The summed E-state index contributed by atoms with van der Waals surface area (Å²) in [5.41, 5.74) is 1.00. The van der Waals surface area contributed by atoms with Gasteiger partial charge in [0.15, 0.2) is 0 Å². The summed E-state index contributed by atoms with van der Waals surface area (Å²) in [6.45, 7) is 3.75. The molecule has 1 saturated heterocycles. The second kappa shape index (κ2) is 9.27. The number of hydrogen-bond donors (Lipinski definition) is 1. The van der Waals surface area contributed by atoms with Gasteiger partial charge in [0.05, 0.1) is 0 Å². The SMILES string of the molecule is CCC1CCCCN1C(=O)CCNc1ccc(Oc2ccccc2)cc1. The van der Waals surface area contributed by atoms with Crippen LogP contribution >= 0.6 is 0 Å². The first-order valence-corrected chi connectivity index (χ1v) is 9.62. The molecule has 1 amide bonds. The molecule has 0 spiro atoms. The predicted molar refractivity (Wildman–Crippen MR) is 106 cm³/mol. The largest absolute Gasteiger partial charge is 0.457 e. The third-order valence-electron chi connectivity index (χ3n) is 4.92. The van der Waals surface area contributed by atoms with Crippen LogP contribution in [0.2, 0.25) is 0 Å². The first-order chi connectivity index (χ1) is 12.8. The van der Waals surface area contributed by atoms with E-state index in [0.29, 0.717) is 19.0 Å². The molecular formula is C22H28N2O2. The third kappa shape index (κ3) is 5.01. The molecule has 2 aromatic rings. The fraction of sp³-hybridized carbons (Fsp3) is 0.409. The van der Waals surface area contributed by atoms with Crippen LogP contribution in [0.15, 0.2) is 54.6 Å². The smallest absolute Gasteiger partial charge is 0.224 e. The highest BCUT2D eigenvalue weighted by Gasteiger charge is 2.24. The number of hydrogen-bond acceptors (Lipinski definition) is 3. The second-order valence-electron chi connectivity index (χ2n) is 6.76. The Morgan fingerprint density at radius 1 is 1.08 bits per heavy atom. The Morgan fingerprint density at radius 3 is 2.54 bits per heavy atom. The molecular weight excluding hydrogens is 324 g/mol. The quantitative estimate of drug-likeness (QED) is 0.756. The van der Waals surface area contributed by atoms with Gasteiger partial charge in [-0.2, -0.15) is 0 Å². The van der Waals surface area contributed by atoms with Crippen LogP contribution in [0.1, 0.15) is 39.0 Å². The number of rotatable bonds is 7. The van der Waals surface area contributed by atoms with Crippen LogP contribution in [-0.4, -0.2) is 29.9 Å². The standard InChI is InChI=1S/C22H28N2O2/c1-2-19-8-6-7-17-24(19)22(25)15-16-23-18-11-13-21(14-12-18)26-20-9-4-3-5-10-20/h3-5,9-14,19,23H,2,6-8,15-17H2,1H3. The summed E-state index contributed by atoms with van der Waals surface area (Å²) in [5, 5.41) is 3.34. The molecule has 0 aromatic heterocycles. The first-order valence-electron chi connectivity index (χ1n) is 9.62. The Kier molecular flexibility index (Phi) is 6.53. The molecule has 1 atom stereocenters. The van der Waals surface area contributed by atoms with Crippen LogP contribution in [0.4, 0.5) is 5.69 Å². The van der Waals surface area contributed by atoms with Gasteiger partial charge < -0.3 is 15.0 Å². The van der Waals surface area contributed by atoms with Gasteiger partial charge in [-0.3, -0.25) is 4.79 Å². The number of nitrogens with zero attached hydrogens (tertiary/aromatic N) is 1. The minimum Gasteiger partial charge on any atom is -0.457 e. The maximum absolute atomic E-state index is 12.5. The van der Waals surface area contributed by atoms with Crippen molar-refractivity contribution >= 4 is 11.6 Å². The van der Waals surface area contributed by atoms with Gasteiger partial charge in [-0.05, 0) is 62.1 Å². The molecule has 4 heteroatoms. The van der Waals surface area contributed by atoms with Crippen LogP contribution in [0.5, 0.6) is 11.5 Å². The normalized spacial score (nSPS) is 17.0. The van der Waals surface area contributed by atoms with Gasteiger partial charge in [0.2, 0.25) is 5.91 Å². The van der Waals surface area contributed by atoms with Gasteiger partial charge >= 0.3 is 0 Å². The van der Waals surface area contributed by atoms with Crippen molar-refractivity contribution in [2.75, 3.05) is 18.4 Å². The Labute approximate surface area is 156 Å². The predicted octanol–water partition coefficient (Wildman–Crippen LogP) is 5.07. The van der Waals surface area contributed by atoms with Crippen LogP contribution in [0.25, 0.3) is 0 Å². The Bertz CT molecular complexity index is 685. The lowest BCUT2D eigenvalue weighted by atomic mass is 9.99. The molecule has 1 aliphatic rings. The number of ether oxygens (including phenoxy) is 1. The average Bonchev–Trinajstić information content (AvgIpc) is 2.70. The zero-order valence-electron chi connectivity index (χ0n) is 15.5. The molecule has 4 nitrogen and oxygen atoms in total. The minimum atomic E-state index is 0.271. The molecule has 2 aromatic carbocycles. The monoisotopic (exact) mass is 352 g/mol. The van der Waals surface area contributed by atoms with Crippen molar-refractivity contribution in [3.63, 3.8) is 0 Å². The van der Waals surface area contributed by atoms with Gasteiger partial charge in [-0.1, -0.05) is 25.1 Å². The van der Waals surface area contributed by atoms with E-state index < -0.39 is 0 Å². The summed E-state index contributed by atoms with van der Waals surface area (Å²) in [5.74, 6) is 1.90. The molecule has 138 valence electrons. The van der Waals surface area contributed by atoms with E-state index in [0.717, 1.165) is 43.0 Å². The lowest BCUT2D eigenvalue weighted by Crippen LogP contribution is -2.43. The maximum atomic E-state index is 12.5. The van der Waals surface area contributed by atoms with E-state index in [2.05, 4.69) is 17.1 Å². The highest BCUT2D eigenvalue weighted by molar-refractivity contribution is 5.77.